The van der Waals surface area contributed by atoms with E-state index in [4.69, 9.17) is 0 Å². The Morgan fingerprint density at radius 3 is 1.41 bits per heavy atom. The van der Waals surface area contributed by atoms with Crippen molar-refractivity contribution in [2.24, 2.45) is 0 Å². The molecule has 14 heteroatoms. The first-order valence-corrected chi connectivity index (χ1v) is 20.4. The summed E-state index contributed by atoms with van der Waals surface area (Å²) in [5.41, 5.74) is 4.66. The lowest BCUT2D eigenvalue weighted by Crippen LogP contribution is -2.20. The number of aliphatic hydroxyl groups is 2. The molecule has 2 aliphatic carbocycles. The summed E-state index contributed by atoms with van der Waals surface area (Å²) >= 11 is 3.62. The van der Waals surface area contributed by atoms with Crippen molar-refractivity contribution in [3.05, 3.63) is 118 Å². The van der Waals surface area contributed by atoms with Gasteiger partial charge in [0.25, 0.3) is 11.1 Å². The van der Waals surface area contributed by atoms with Gasteiger partial charge in [-0.2, -0.15) is 23.5 Å². The van der Waals surface area contributed by atoms with Crippen molar-refractivity contribution in [3.8, 4) is 0 Å². The van der Waals surface area contributed by atoms with Crippen LogP contribution < -0.4 is 21.8 Å². The van der Waals surface area contributed by atoms with Crippen LogP contribution in [0.1, 0.15) is 63.0 Å². The van der Waals surface area contributed by atoms with E-state index in [1.165, 1.54) is 0 Å². The molecule has 0 atom stereocenters. The zero-order valence-electron chi connectivity index (χ0n) is 29.8. The highest BCUT2D eigenvalue weighted by Crippen LogP contribution is 2.31. The zero-order valence-corrected chi connectivity index (χ0v) is 31.4. The number of aromatic amines is 2. The SMILES string of the molecule is O=c1[nH]c(CSC2CCC(O)CC2)nc2cc(Nc3cccnc3)ccc12.O=c1[nH]c(CSC2CCC(O)CC2)nc2cc(Nc3cccnc3)ccc12. The number of rotatable bonds is 10. The predicted octanol–water partition coefficient (Wildman–Crippen LogP) is 7.20. The first kappa shape index (κ1) is 37.6. The summed E-state index contributed by atoms with van der Waals surface area (Å²) in [5, 5.41) is 28.0. The van der Waals surface area contributed by atoms with Gasteiger partial charge in [0, 0.05) is 34.3 Å². The maximum atomic E-state index is 12.4. The lowest BCUT2D eigenvalue weighted by Gasteiger charge is -2.24. The molecular formula is C40H44N8O4S2. The summed E-state index contributed by atoms with van der Waals surface area (Å²) in [6.07, 6.45) is 14.2. The van der Waals surface area contributed by atoms with Gasteiger partial charge >= 0.3 is 0 Å². The molecule has 0 aliphatic heterocycles. The van der Waals surface area contributed by atoms with E-state index >= 15 is 0 Å². The Morgan fingerprint density at radius 2 is 1.02 bits per heavy atom. The Hall–Kier alpha value is -4.76. The van der Waals surface area contributed by atoms with Crippen molar-refractivity contribution < 1.29 is 10.2 Å². The molecule has 0 radical (unpaired) electrons. The molecule has 2 aliphatic rings. The normalized spacial score (nSPS) is 19.9. The van der Waals surface area contributed by atoms with E-state index in [2.05, 4.69) is 40.5 Å². The summed E-state index contributed by atoms with van der Waals surface area (Å²) in [7, 11) is 0. The quantitative estimate of drug-likeness (QED) is 0.0827. The van der Waals surface area contributed by atoms with Crippen LogP contribution in [0, 0.1) is 0 Å². The number of hydrogen-bond acceptors (Lipinski definition) is 12. The third-order valence-electron chi connectivity index (χ3n) is 9.61. The number of thioether (sulfide) groups is 2. The molecule has 6 aromatic rings. The average Bonchev–Trinajstić information content (AvgIpc) is 3.18. The Kier molecular flexibility index (Phi) is 12.5. The largest absolute Gasteiger partial charge is 0.393 e. The van der Waals surface area contributed by atoms with Crippen molar-refractivity contribution in [1.82, 2.24) is 29.9 Å². The lowest BCUT2D eigenvalue weighted by molar-refractivity contribution is 0.132. The van der Waals surface area contributed by atoms with E-state index in [0.717, 1.165) is 74.1 Å². The number of H-pyrrole nitrogens is 2. The van der Waals surface area contributed by atoms with Gasteiger partial charge in [0.05, 0.1) is 69.3 Å². The van der Waals surface area contributed by atoms with E-state index in [-0.39, 0.29) is 23.3 Å². The van der Waals surface area contributed by atoms with Gasteiger partial charge in [-0.1, -0.05) is 0 Å². The number of aromatic nitrogens is 6. The number of hydrogen-bond donors (Lipinski definition) is 6. The molecule has 8 rings (SSSR count). The molecular weight excluding hydrogens is 721 g/mol. The molecule has 0 bridgehead atoms. The number of nitrogens with one attached hydrogen (secondary N) is 4. The van der Waals surface area contributed by atoms with Crippen LogP contribution in [0.15, 0.2) is 95.0 Å². The molecule has 0 unspecified atom stereocenters. The molecule has 4 heterocycles. The van der Waals surface area contributed by atoms with Crippen molar-refractivity contribution in [2.75, 3.05) is 10.6 Å². The second-order valence-electron chi connectivity index (χ2n) is 13.7. The molecule has 2 saturated carbocycles. The fourth-order valence-electron chi connectivity index (χ4n) is 6.69. The van der Waals surface area contributed by atoms with Crippen LogP contribution in [0.25, 0.3) is 21.8 Å². The molecule has 0 saturated heterocycles. The van der Waals surface area contributed by atoms with Crippen molar-refractivity contribution in [2.45, 2.75) is 85.6 Å². The molecule has 0 spiro atoms. The topological polar surface area (TPSA) is 182 Å². The van der Waals surface area contributed by atoms with Gasteiger partial charge in [-0.15, -0.1) is 0 Å². The molecule has 0 amide bonds. The number of benzene rings is 2. The van der Waals surface area contributed by atoms with E-state index in [1.54, 1.807) is 36.9 Å². The Morgan fingerprint density at radius 1 is 0.593 bits per heavy atom. The van der Waals surface area contributed by atoms with E-state index in [1.807, 2.05) is 72.1 Å². The molecule has 2 fully saturated rings. The van der Waals surface area contributed by atoms with E-state index in [9.17, 15) is 19.8 Å². The molecule has 4 aromatic heterocycles. The fraction of sp³-hybridized carbons (Fsp3) is 0.350. The minimum absolute atomic E-state index is 0.109. The van der Waals surface area contributed by atoms with Gasteiger partial charge in [-0.25, -0.2) is 9.97 Å². The monoisotopic (exact) mass is 764 g/mol. The lowest BCUT2D eigenvalue weighted by atomic mass is 9.97. The summed E-state index contributed by atoms with van der Waals surface area (Å²) in [5.74, 6) is 2.74. The summed E-state index contributed by atoms with van der Waals surface area (Å²) in [4.78, 5) is 48.1. The number of aliphatic hydroxyl groups excluding tert-OH is 2. The van der Waals surface area contributed by atoms with Crippen LogP contribution in [-0.2, 0) is 11.5 Å². The highest BCUT2D eigenvalue weighted by molar-refractivity contribution is 7.99. The Bertz CT molecular complexity index is 2100. The third kappa shape index (κ3) is 10.3. The predicted molar refractivity (Wildman–Crippen MR) is 219 cm³/mol. The van der Waals surface area contributed by atoms with Crippen molar-refractivity contribution in [3.63, 3.8) is 0 Å². The van der Waals surface area contributed by atoms with Crippen LogP contribution in [-0.4, -0.2) is 62.8 Å². The summed E-state index contributed by atoms with van der Waals surface area (Å²) in [6, 6.07) is 18.7. The maximum Gasteiger partial charge on any atom is 0.258 e. The number of anilines is 4. The highest BCUT2D eigenvalue weighted by Gasteiger charge is 2.21. The summed E-state index contributed by atoms with van der Waals surface area (Å²) < 4.78 is 0. The maximum absolute atomic E-state index is 12.4. The van der Waals surface area contributed by atoms with Crippen molar-refractivity contribution >= 4 is 68.1 Å². The smallest absolute Gasteiger partial charge is 0.258 e. The minimum Gasteiger partial charge on any atom is -0.393 e. The Balaban J connectivity index is 0.000000167. The van der Waals surface area contributed by atoms with Crippen LogP contribution in [0.3, 0.4) is 0 Å². The Labute approximate surface area is 321 Å². The van der Waals surface area contributed by atoms with Gasteiger partial charge in [-0.05, 0) is 112 Å². The van der Waals surface area contributed by atoms with Crippen LogP contribution in [0.5, 0.6) is 0 Å². The van der Waals surface area contributed by atoms with Crippen LogP contribution in [0.4, 0.5) is 22.7 Å². The number of fused-ring (bicyclic) bond motifs is 2. The second-order valence-corrected chi connectivity index (χ2v) is 16.3. The third-order valence-corrected chi connectivity index (χ3v) is 12.4. The van der Waals surface area contributed by atoms with Gasteiger partial charge in [0.2, 0.25) is 0 Å². The molecule has 280 valence electrons. The minimum atomic E-state index is -0.147. The molecule has 2 aromatic carbocycles. The fourth-order valence-corrected chi connectivity index (χ4v) is 8.96. The molecule has 54 heavy (non-hydrogen) atoms. The zero-order chi connectivity index (χ0) is 37.3. The van der Waals surface area contributed by atoms with Crippen LogP contribution >= 0.6 is 23.5 Å². The standard InChI is InChI=1S/2C20H22N4O2S/c2*25-15-4-6-16(7-5-15)27-12-19-23-18-10-13(3-8-17(18)20(26)24-19)22-14-2-1-9-21-11-14/h2*1-3,8-11,15-16,22,25H,4-7,12H2,(H,23,24,26). The molecule has 6 N–H and O–H groups in total. The second kappa shape index (κ2) is 18.0. The average molecular weight is 765 g/mol. The highest BCUT2D eigenvalue weighted by atomic mass is 32.2. The first-order valence-electron chi connectivity index (χ1n) is 18.3. The number of pyridine rings is 2. The van der Waals surface area contributed by atoms with Gasteiger partial charge < -0.3 is 30.8 Å². The van der Waals surface area contributed by atoms with Crippen LogP contribution in [0.2, 0.25) is 0 Å². The molecule has 12 nitrogen and oxygen atoms in total. The van der Waals surface area contributed by atoms with Gasteiger partial charge in [-0.3, -0.25) is 19.6 Å². The number of nitrogens with zero attached hydrogens (tertiary/aromatic N) is 4. The summed E-state index contributed by atoms with van der Waals surface area (Å²) in [6.45, 7) is 0. The van der Waals surface area contributed by atoms with Gasteiger partial charge in [0.15, 0.2) is 0 Å². The van der Waals surface area contributed by atoms with E-state index in [0.29, 0.717) is 55.5 Å². The van der Waals surface area contributed by atoms with Crippen molar-refractivity contribution in [1.29, 1.82) is 0 Å². The van der Waals surface area contributed by atoms with E-state index < -0.39 is 0 Å². The first-order chi connectivity index (χ1) is 26.3. The van der Waals surface area contributed by atoms with Gasteiger partial charge in [0.1, 0.15) is 11.6 Å².